The van der Waals surface area contributed by atoms with Crippen LogP contribution in [0.15, 0.2) is 0 Å². The molecule has 0 aromatic carbocycles. The highest BCUT2D eigenvalue weighted by atomic mass is 16.5. The highest BCUT2D eigenvalue weighted by Gasteiger charge is 2.31. The minimum Gasteiger partial charge on any atom is -0.380 e. The van der Waals surface area contributed by atoms with Crippen LogP contribution in [0.2, 0.25) is 0 Å². The van der Waals surface area contributed by atoms with E-state index in [1.165, 1.54) is 0 Å². The van der Waals surface area contributed by atoms with Gasteiger partial charge in [0.2, 0.25) is 0 Å². The van der Waals surface area contributed by atoms with E-state index in [1.807, 2.05) is 0 Å². The summed E-state index contributed by atoms with van der Waals surface area (Å²) in [6.45, 7) is 14.0. The van der Waals surface area contributed by atoms with Crippen molar-refractivity contribution in [1.82, 2.24) is 10.2 Å². The SMILES string of the molecule is CCCOCCN1CC(C)NCC1(C)C. The van der Waals surface area contributed by atoms with Gasteiger partial charge in [-0.15, -0.1) is 0 Å². The Morgan fingerprint density at radius 2 is 2.13 bits per heavy atom. The second-order valence-electron chi connectivity index (χ2n) is 5.15. The Morgan fingerprint density at radius 1 is 1.40 bits per heavy atom. The van der Waals surface area contributed by atoms with Crippen molar-refractivity contribution < 1.29 is 4.74 Å². The van der Waals surface area contributed by atoms with Crippen molar-refractivity contribution in [3.63, 3.8) is 0 Å². The fraction of sp³-hybridized carbons (Fsp3) is 1.00. The van der Waals surface area contributed by atoms with Gasteiger partial charge >= 0.3 is 0 Å². The summed E-state index contributed by atoms with van der Waals surface area (Å²) in [6, 6.07) is 0.601. The minimum atomic E-state index is 0.266. The van der Waals surface area contributed by atoms with Gasteiger partial charge in [-0.05, 0) is 27.2 Å². The molecule has 3 nitrogen and oxygen atoms in total. The first-order valence-electron chi connectivity index (χ1n) is 6.12. The normalized spacial score (nSPS) is 26.8. The fourth-order valence-corrected chi connectivity index (χ4v) is 1.99. The van der Waals surface area contributed by atoms with Crippen molar-refractivity contribution in [3.8, 4) is 0 Å². The number of hydrogen-bond acceptors (Lipinski definition) is 3. The van der Waals surface area contributed by atoms with Gasteiger partial charge in [0.1, 0.15) is 0 Å². The van der Waals surface area contributed by atoms with Crippen LogP contribution in [-0.2, 0) is 4.74 Å². The molecule has 1 unspecified atom stereocenters. The maximum atomic E-state index is 5.55. The van der Waals surface area contributed by atoms with E-state index in [-0.39, 0.29) is 5.54 Å². The van der Waals surface area contributed by atoms with Gasteiger partial charge in [0, 0.05) is 37.8 Å². The number of hydrogen-bond donors (Lipinski definition) is 1. The first-order chi connectivity index (χ1) is 7.06. The smallest absolute Gasteiger partial charge is 0.0593 e. The van der Waals surface area contributed by atoms with E-state index >= 15 is 0 Å². The average molecular weight is 214 g/mol. The third-order valence-electron chi connectivity index (χ3n) is 3.09. The molecule has 1 N–H and O–H groups in total. The van der Waals surface area contributed by atoms with Crippen LogP contribution >= 0.6 is 0 Å². The maximum Gasteiger partial charge on any atom is 0.0593 e. The largest absolute Gasteiger partial charge is 0.380 e. The highest BCUT2D eigenvalue weighted by Crippen LogP contribution is 2.17. The number of ether oxygens (including phenoxy) is 1. The van der Waals surface area contributed by atoms with Crippen molar-refractivity contribution in [1.29, 1.82) is 0 Å². The summed E-state index contributed by atoms with van der Waals surface area (Å²) < 4.78 is 5.55. The van der Waals surface area contributed by atoms with Gasteiger partial charge in [-0.1, -0.05) is 6.92 Å². The summed E-state index contributed by atoms with van der Waals surface area (Å²) in [5.41, 5.74) is 0.266. The molecule has 0 aromatic heterocycles. The van der Waals surface area contributed by atoms with Crippen LogP contribution < -0.4 is 5.32 Å². The summed E-state index contributed by atoms with van der Waals surface area (Å²) in [6.07, 6.45) is 1.11. The second kappa shape index (κ2) is 5.83. The number of rotatable bonds is 5. The predicted octanol–water partition coefficient (Wildman–Crippen LogP) is 1.49. The lowest BCUT2D eigenvalue weighted by Gasteiger charge is -2.45. The van der Waals surface area contributed by atoms with Crippen LogP contribution in [0.4, 0.5) is 0 Å². The Labute approximate surface area is 94.2 Å². The van der Waals surface area contributed by atoms with Gasteiger partial charge in [-0.3, -0.25) is 4.90 Å². The molecule has 1 heterocycles. The van der Waals surface area contributed by atoms with Crippen LogP contribution in [0.3, 0.4) is 0 Å². The minimum absolute atomic E-state index is 0.266. The van der Waals surface area contributed by atoms with E-state index in [1.54, 1.807) is 0 Å². The molecule has 0 bridgehead atoms. The van der Waals surface area contributed by atoms with Crippen LogP contribution in [-0.4, -0.2) is 49.3 Å². The van der Waals surface area contributed by atoms with Crippen LogP contribution in [0.1, 0.15) is 34.1 Å². The zero-order valence-corrected chi connectivity index (χ0v) is 10.7. The monoisotopic (exact) mass is 214 g/mol. The standard InChI is InChI=1S/C12H26N2O/c1-5-7-15-8-6-14-9-11(2)13-10-12(14,3)4/h11,13H,5-10H2,1-4H3. The number of nitrogens with zero attached hydrogens (tertiary/aromatic N) is 1. The molecule has 1 fully saturated rings. The molecular formula is C12H26N2O. The molecular weight excluding hydrogens is 188 g/mol. The molecule has 1 aliphatic rings. The van der Waals surface area contributed by atoms with Gasteiger partial charge in [-0.2, -0.15) is 0 Å². The molecule has 0 aromatic rings. The third-order valence-corrected chi connectivity index (χ3v) is 3.09. The van der Waals surface area contributed by atoms with Gasteiger partial charge in [0.15, 0.2) is 0 Å². The summed E-state index contributed by atoms with van der Waals surface area (Å²) in [7, 11) is 0. The lowest BCUT2D eigenvalue weighted by Crippen LogP contribution is -2.61. The fourth-order valence-electron chi connectivity index (χ4n) is 1.99. The topological polar surface area (TPSA) is 24.5 Å². The average Bonchev–Trinajstić information content (AvgIpc) is 2.18. The molecule has 0 aliphatic carbocycles. The van der Waals surface area contributed by atoms with E-state index in [4.69, 9.17) is 4.74 Å². The van der Waals surface area contributed by atoms with E-state index in [0.29, 0.717) is 6.04 Å². The van der Waals surface area contributed by atoms with Crippen molar-refractivity contribution in [2.75, 3.05) is 32.8 Å². The Morgan fingerprint density at radius 3 is 2.80 bits per heavy atom. The molecule has 1 atom stereocenters. The van der Waals surface area contributed by atoms with Crippen LogP contribution in [0.5, 0.6) is 0 Å². The molecule has 0 amide bonds. The Kier molecular flexibility index (Phi) is 5.03. The lowest BCUT2D eigenvalue weighted by molar-refractivity contribution is 0.0313. The van der Waals surface area contributed by atoms with Crippen molar-refractivity contribution in [3.05, 3.63) is 0 Å². The van der Waals surface area contributed by atoms with Crippen LogP contribution in [0.25, 0.3) is 0 Å². The van der Waals surface area contributed by atoms with Crippen molar-refractivity contribution >= 4 is 0 Å². The van der Waals surface area contributed by atoms with E-state index in [9.17, 15) is 0 Å². The number of nitrogens with one attached hydrogen (secondary N) is 1. The van der Waals surface area contributed by atoms with Gasteiger partial charge in [-0.25, -0.2) is 0 Å². The summed E-state index contributed by atoms with van der Waals surface area (Å²) >= 11 is 0. The second-order valence-corrected chi connectivity index (χ2v) is 5.15. The summed E-state index contributed by atoms with van der Waals surface area (Å²) in [5.74, 6) is 0. The Bertz CT molecular complexity index is 182. The Balaban J connectivity index is 2.30. The molecule has 90 valence electrons. The predicted molar refractivity (Wildman–Crippen MR) is 64.2 cm³/mol. The van der Waals surface area contributed by atoms with Gasteiger partial charge in [0.05, 0.1) is 6.61 Å². The molecule has 0 saturated carbocycles. The highest BCUT2D eigenvalue weighted by molar-refractivity contribution is 4.91. The maximum absolute atomic E-state index is 5.55. The van der Waals surface area contributed by atoms with Crippen molar-refractivity contribution in [2.45, 2.75) is 45.7 Å². The first kappa shape index (κ1) is 12.9. The number of piperazine rings is 1. The zero-order valence-electron chi connectivity index (χ0n) is 10.7. The first-order valence-corrected chi connectivity index (χ1v) is 6.12. The molecule has 3 heteroatoms. The van der Waals surface area contributed by atoms with E-state index < -0.39 is 0 Å². The molecule has 15 heavy (non-hydrogen) atoms. The van der Waals surface area contributed by atoms with E-state index in [2.05, 4.69) is 37.9 Å². The van der Waals surface area contributed by atoms with Crippen molar-refractivity contribution in [2.24, 2.45) is 0 Å². The summed E-state index contributed by atoms with van der Waals surface area (Å²) in [5, 5.41) is 3.52. The molecule has 1 aliphatic heterocycles. The van der Waals surface area contributed by atoms with Gasteiger partial charge < -0.3 is 10.1 Å². The van der Waals surface area contributed by atoms with E-state index in [0.717, 1.165) is 39.3 Å². The molecule has 0 radical (unpaired) electrons. The Hall–Kier alpha value is -0.120. The van der Waals surface area contributed by atoms with Gasteiger partial charge in [0.25, 0.3) is 0 Å². The molecule has 1 saturated heterocycles. The lowest BCUT2D eigenvalue weighted by atomic mass is 9.98. The summed E-state index contributed by atoms with van der Waals surface area (Å²) in [4.78, 5) is 2.53. The molecule has 0 spiro atoms. The zero-order chi connectivity index (χ0) is 11.3. The quantitative estimate of drug-likeness (QED) is 0.702. The third kappa shape index (κ3) is 4.09. The molecule has 1 rings (SSSR count). The van der Waals surface area contributed by atoms with Crippen LogP contribution in [0, 0.1) is 0 Å².